The SMILES string of the molecule is NC(CC(=O)NC1CC1c1ccccc1)c1ccccc1. The van der Waals surface area contributed by atoms with Crippen molar-refractivity contribution in [2.75, 3.05) is 0 Å². The van der Waals surface area contributed by atoms with E-state index >= 15 is 0 Å². The zero-order valence-electron chi connectivity index (χ0n) is 11.9. The number of hydrogen-bond acceptors (Lipinski definition) is 2. The molecule has 0 aromatic heterocycles. The van der Waals surface area contributed by atoms with Crippen molar-refractivity contribution in [3.8, 4) is 0 Å². The molecule has 3 unspecified atom stereocenters. The smallest absolute Gasteiger partial charge is 0.222 e. The summed E-state index contributed by atoms with van der Waals surface area (Å²) < 4.78 is 0. The minimum absolute atomic E-state index is 0.0368. The standard InChI is InChI=1S/C18H20N2O/c19-16(14-9-5-2-6-10-14)12-18(21)20-17-11-15(17)13-7-3-1-4-8-13/h1-10,15-17H,11-12,19H2,(H,20,21). The topological polar surface area (TPSA) is 55.1 Å². The summed E-state index contributed by atoms with van der Waals surface area (Å²) in [5.41, 5.74) is 8.38. The van der Waals surface area contributed by atoms with Gasteiger partial charge in [0.1, 0.15) is 0 Å². The molecule has 1 aliphatic carbocycles. The van der Waals surface area contributed by atoms with Gasteiger partial charge in [-0.25, -0.2) is 0 Å². The fraction of sp³-hybridized carbons (Fsp3) is 0.278. The van der Waals surface area contributed by atoms with E-state index in [-0.39, 0.29) is 18.0 Å². The largest absolute Gasteiger partial charge is 0.353 e. The number of carbonyl (C=O) groups excluding carboxylic acids is 1. The Hall–Kier alpha value is -2.13. The molecule has 1 aliphatic rings. The van der Waals surface area contributed by atoms with Crippen LogP contribution in [0.1, 0.15) is 35.9 Å². The molecule has 3 atom stereocenters. The van der Waals surface area contributed by atoms with E-state index < -0.39 is 0 Å². The normalized spacial score (nSPS) is 21.6. The van der Waals surface area contributed by atoms with Crippen LogP contribution in [-0.2, 0) is 4.79 Å². The summed E-state index contributed by atoms with van der Waals surface area (Å²) in [5.74, 6) is 0.498. The molecule has 3 nitrogen and oxygen atoms in total. The molecule has 3 rings (SSSR count). The molecule has 2 aromatic rings. The molecular weight excluding hydrogens is 260 g/mol. The molecule has 0 aliphatic heterocycles. The van der Waals surface area contributed by atoms with Crippen molar-refractivity contribution >= 4 is 5.91 Å². The number of carbonyl (C=O) groups is 1. The number of hydrogen-bond donors (Lipinski definition) is 2. The first-order valence-electron chi connectivity index (χ1n) is 7.39. The van der Waals surface area contributed by atoms with Crippen LogP contribution in [-0.4, -0.2) is 11.9 Å². The first kappa shape index (κ1) is 13.8. The highest BCUT2D eigenvalue weighted by molar-refractivity contribution is 5.77. The predicted molar refractivity (Wildman–Crippen MR) is 83.7 cm³/mol. The van der Waals surface area contributed by atoms with Crippen molar-refractivity contribution in [3.05, 3.63) is 71.8 Å². The third-order valence-electron chi connectivity index (χ3n) is 4.00. The van der Waals surface area contributed by atoms with Gasteiger partial charge in [-0.1, -0.05) is 60.7 Å². The average molecular weight is 280 g/mol. The van der Waals surface area contributed by atoms with Crippen molar-refractivity contribution in [2.45, 2.75) is 30.8 Å². The fourth-order valence-electron chi connectivity index (χ4n) is 2.71. The van der Waals surface area contributed by atoms with E-state index in [2.05, 4.69) is 17.4 Å². The summed E-state index contributed by atoms with van der Waals surface area (Å²) in [5, 5.41) is 3.08. The van der Waals surface area contributed by atoms with Crippen LogP contribution < -0.4 is 11.1 Å². The second-order valence-corrected chi connectivity index (χ2v) is 5.65. The molecular formula is C18H20N2O. The van der Waals surface area contributed by atoms with Gasteiger partial charge in [0, 0.05) is 24.4 Å². The Labute approximate surface area is 125 Å². The molecule has 3 N–H and O–H groups in total. The fourth-order valence-corrected chi connectivity index (χ4v) is 2.71. The van der Waals surface area contributed by atoms with Gasteiger partial charge in [-0.2, -0.15) is 0 Å². The molecule has 1 amide bonds. The van der Waals surface area contributed by atoms with Crippen LogP contribution >= 0.6 is 0 Å². The Balaban J connectivity index is 1.50. The molecule has 1 fully saturated rings. The Kier molecular flexibility index (Phi) is 4.02. The van der Waals surface area contributed by atoms with Crippen molar-refractivity contribution in [1.82, 2.24) is 5.32 Å². The highest BCUT2D eigenvalue weighted by atomic mass is 16.1. The lowest BCUT2D eigenvalue weighted by molar-refractivity contribution is -0.121. The van der Waals surface area contributed by atoms with Gasteiger partial charge in [0.05, 0.1) is 0 Å². The maximum atomic E-state index is 12.1. The minimum atomic E-state index is -0.236. The lowest BCUT2D eigenvalue weighted by Crippen LogP contribution is -2.29. The summed E-state index contributed by atoms with van der Waals surface area (Å²) in [7, 11) is 0. The lowest BCUT2D eigenvalue weighted by Gasteiger charge is -2.12. The number of benzene rings is 2. The third-order valence-corrected chi connectivity index (χ3v) is 4.00. The molecule has 2 aromatic carbocycles. The molecule has 0 bridgehead atoms. The average Bonchev–Trinajstić information content (AvgIpc) is 3.28. The monoisotopic (exact) mass is 280 g/mol. The molecule has 1 saturated carbocycles. The second-order valence-electron chi connectivity index (χ2n) is 5.65. The first-order chi connectivity index (χ1) is 10.2. The summed E-state index contributed by atoms with van der Waals surface area (Å²) in [6, 6.07) is 20.1. The summed E-state index contributed by atoms with van der Waals surface area (Å²) in [4.78, 5) is 12.1. The number of nitrogens with two attached hydrogens (primary N) is 1. The molecule has 108 valence electrons. The highest BCUT2D eigenvalue weighted by Gasteiger charge is 2.39. The molecule has 0 spiro atoms. The van der Waals surface area contributed by atoms with Gasteiger partial charge in [0.25, 0.3) is 0 Å². The van der Waals surface area contributed by atoms with Crippen LogP contribution in [0.3, 0.4) is 0 Å². The van der Waals surface area contributed by atoms with E-state index in [4.69, 9.17) is 5.73 Å². The first-order valence-corrected chi connectivity index (χ1v) is 7.39. The Bertz CT molecular complexity index is 597. The summed E-state index contributed by atoms with van der Waals surface area (Å²) in [6.07, 6.45) is 1.36. The Morgan fingerprint density at radius 3 is 2.38 bits per heavy atom. The second kappa shape index (κ2) is 6.10. The van der Waals surface area contributed by atoms with Crippen molar-refractivity contribution in [2.24, 2.45) is 5.73 Å². The van der Waals surface area contributed by atoms with Crippen molar-refractivity contribution < 1.29 is 4.79 Å². The summed E-state index contributed by atoms with van der Waals surface area (Å²) >= 11 is 0. The number of amides is 1. The van der Waals surface area contributed by atoms with Crippen molar-refractivity contribution in [1.29, 1.82) is 0 Å². The zero-order valence-corrected chi connectivity index (χ0v) is 11.9. The van der Waals surface area contributed by atoms with Crippen LogP contribution in [0.25, 0.3) is 0 Å². The molecule has 0 heterocycles. The van der Waals surface area contributed by atoms with E-state index in [0.29, 0.717) is 12.3 Å². The summed E-state index contributed by atoms with van der Waals surface area (Å²) in [6.45, 7) is 0. The van der Waals surface area contributed by atoms with Gasteiger partial charge in [-0.3, -0.25) is 4.79 Å². The van der Waals surface area contributed by atoms with Gasteiger partial charge < -0.3 is 11.1 Å². The Morgan fingerprint density at radius 1 is 1.10 bits per heavy atom. The molecule has 21 heavy (non-hydrogen) atoms. The van der Waals surface area contributed by atoms with Gasteiger partial charge in [-0.05, 0) is 17.5 Å². The van der Waals surface area contributed by atoms with Gasteiger partial charge in [0.15, 0.2) is 0 Å². The van der Waals surface area contributed by atoms with E-state index in [1.54, 1.807) is 0 Å². The van der Waals surface area contributed by atoms with E-state index in [0.717, 1.165) is 12.0 Å². The van der Waals surface area contributed by atoms with E-state index in [9.17, 15) is 4.79 Å². The van der Waals surface area contributed by atoms with E-state index in [1.807, 2.05) is 48.5 Å². The van der Waals surface area contributed by atoms with Gasteiger partial charge in [-0.15, -0.1) is 0 Å². The third kappa shape index (κ3) is 3.50. The number of rotatable bonds is 5. The Morgan fingerprint density at radius 2 is 1.71 bits per heavy atom. The van der Waals surface area contributed by atoms with Crippen LogP contribution in [0.4, 0.5) is 0 Å². The van der Waals surface area contributed by atoms with Crippen LogP contribution in [0.5, 0.6) is 0 Å². The molecule has 3 heteroatoms. The quantitative estimate of drug-likeness (QED) is 0.885. The predicted octanol–water partition coefficient (Wildman–Crippen LogP) is 2.75. The molecule has 0 radical (unpaired) electrons. The van der Waals surface area contributed by atoms with E-state index in [1.165, 1.54) is 5.56 Å². The van der Waals surface area contributed by atoms with Crippen molar-refractivity contribution in [3.63, 3.8) is 0 Å². The van der Waals surface area contributed by atoms with Crippen LogP contribution in [0, 0.1) is 0 Å². The maximum absolute atomic E-state index is 12.1. The maximum Gasteiger partial charge on any atom is 0.222 e. The van der Waals surface area contributed by atoms with Crippen LogP contribution in [0.15, 0.2) is 60.7 Å². The number of nitrogens with one attached hydrogen (secondary N) is 1. The van der Waals surface area contributed by atoms with Gasteiger partial charge in [0.2, 0.25) is 5.91 Å². The van der Waals surface area contributed by atoms with Crippen LogP contribution in [0.2, 0.25) is 0 Å². The minimum Gasteiger partial charge on any atom is -0.353 e. The zero-order chi connectivity index (χ0) is 14.7. The molecule has 0 saturated heterocycles. The lowest BCUT2D eigenvalue weighted by atomic mass is 10.0. The highest BCUT2D eigenvalue weighted by Crippen LogP contribution is 2.40. The van der Waals surface area contributed by atoms with Gasteiger partial charge >= 0.3 is 0 Å².